The SMILES string of the molecule is CCOC(=O)C(C(=O)OCC)=C(O)C1CCCC1. The summed E-state index contributed by atoms with van der Waals surface area (Å²) in [5, 5.41) is 10.1. The van der Waals surface area contributed by atoms with E-state index in [0.29, 0.717) is 0 Å². The number of aliphatic hydroxyl groups excluding tert-OH is 1. The van der Waals surface area contributed by atoms with Crippen molar-refractivity contribution in [3.05, 3.63) is 11.3 Å². The third-order valence-corrected chi connectivity index (χ3v) is 2.96. The van der Waals surface area contributed by atoms with Gasteiger partial charge in [-0.3, -0.25) is 0 Å². The van der Waals surface area contributed by atoms with E-state index < -0.39 is 11.9 Å². The first kappa shape index (κ1) is 14.5. The summed E-state index contributed by atoms with van der Waals surface area (Å²) >= 11 is 0. The van der Waals surface area contributed by atoms with Gasteiger partial charge in [-0.1, -0.05) is 12.8 Å². The number of esters is 2. The maximum atomic E-state index is 11.7. The molecule has 1 aliphatic carbocycles. The van der Waals surface area contributed by atoms with Gasteiger partial charge in [-0.05, 0) is 26.7 Å². The van der Waals surface area contributed by atoms with Gasteiger partial charge in [0.1, 0.15) is 5.76 Å². The average Bonchev–Trinajstić information content (AvgIpc) is 2.83. The molecule has 0 bridgehead atoms. The summed E-state index contributed by atoms with van der Waals surface area (Å²) in [4.78, 5) is 23.4. The van der Waals surface area contributed by atoms with Crippen LogP contribution >= 0.6 is 0 Å². The van der Waals surface area contributed by atoms with Crippen LogP contribution in [0.4, 0.5) is 0 Å². The van der Waals surface area contributed by atoms with Crippen LogP contribution in [0.15, 0.2) is 11.3 Å². The van der Waals surface area contributed by atoms with E-state index in [9.17, 15) is 14.7 Å². The molecule has 0 saturated heterocycles. The van der Waals surface area contributed by atoms with Gasteiger partial charge in [-0.2, -0.15) is 0 Å². The molecule has 5 heteroatoms. The van der Waals surface area contributed by atoms with E-state index in [0.717, 1.165) is 25.7 Å². The van der Waals surface area contributed by atoms with Crippen molar-refractivity contribution in [3.8, 4) is 0 Å². The predicted octanol–water partition coefficient (Wildman–Crippen LogP) is 2.11. The van der Waals surface area contributed by atoms with Crippen molar-refractivity contribution in [2.24, 2.45) is 5.92 Å². The number of hydrogen-bond donors (Lipinski definition) is 1. The summed E-state index contributed by atoms with van der Waals surface area (Å²) in [5.41, 5.74) is -0.342. The van der Waals surface area contributed by atoms with E-state index in [1.165, 1.54) is 0 Å². The molecule has 18 heavy (non-hydrogen) atoms. The van der Waals surface area contributed by atoms with Crippen LogP contribution in [0, 0.1) is 5.92 Å². The van der Waals surface area contributed by atoms with Crippen LogP contribution in [0.25, 0.3) is 0 Å². The highest BCUT2D eigenvalue weighted by atomic mass is 16.6. The molecule has 0 aliphatic heterocycles. The number of hydrogen-bond acceptors (Lipinski definition) is 5. The van der Waals surface area contributed by atoms with Gasteiger partial charge >= 0.3 is 11.9 Å². The molecule has 0 aromatic carbocycles. The highest BCUT2D eigenvalue weighted by molar-refractivity contribution is 6.14. The summed E-state index contributed by atoms with van der Waals surface area (Å²) in [7, 11) is 0. The summed E-state index contributed by atoms with van der Waals surface area (Å²) in [6.07, 6.45) is 3.56. The van der Waals surface area contributed by atoms with Crippen LogP contribution in [0.5, 0.6) is 0 Å². The standard InChI is InChI=1S/C13H20O5/c1-3-17-12(15)10(13(16)18-4-2)11(14)9-7-5-6-8-9/h9,14H,3-8H2,1-2H3. The maximum absolute atomic E-state index is 11.7. The number of carbonyl (C=O) groups excluding carboxylic acids is 2. The lowest BCUT2D eigenvalue weighted by molar-refractivity contribution is -0.147. The Labute approximate surface area is 107 Å². The summed E-state index contributed by atoms with van der Waals surface area (Å²) in [6.45, 7) is 3.60. The molecular weight excluding hydrogens is 236 g/mol. The molecule has 0 aromatic heterocycles. The Bertz CT molecular complexity index is 319. The lowest BCUT2D eigenvalue weighted by Crippen LogP contribution is -2.22. The molecule has 1 rings (SSSR count). The third-order valence-electron chi connectivity index (χ3n) is 2.96. The van der Waals surface area contributed by atoms with E-state index in [-0.39, 0.29) is 30.5 Å². The molecule has 1 N–H and O–H groups in total. The Balaban J connectivity index is 2.96. The van der Waals surface area contributed by atoms with Crippen LogP contribution in [0.1, 0.15) is 39.5 Å². The lowest BCUT2D eigenvalue weighted by atomic mass is 10.0. The molecule has 0 spiro atoms. The minimum Gasteiger partial charge on any atom is -0.511 e. The van der Waals surface area contributed by atoms with Gasteiger partial charge in [-0.25, -0.2) is 9.59 Å². The van der Waals surface area contributed by atoms with Gasteiger partial charge in [0.25, 0.3) is 0 Å². The smallest absolute Gasteiger partial charge is 0.349 e. The molecule has 5 nitrogen and oxygen atoms in total. The second-order valence-electron chi connectivity index (χ2n) is 4.18. The van der Waals surface area contributed by atoms with Gasteiger partial charge in [0.05, 0.1) is 13.2 Å². The zero-order chi connectivity index (χ0) is 13.5. The van der Waals surface area contributed by atoms with Crippen molar-refractivity contribution in [3.63, 3.8) is 0 Å². The number of rotatable bonds is 5. The van der Waals surface area contributed by atoms with Crippen LogP contribution < -0.4 is 0 Å². The van der Waals surface area contributed by atoms with E-state index in [1.54, 1.807) is 13.8 Å². The lowest BCUT2D eigenvalue weighted by Gasteiger charge is -2.13. The first-order valence-electron chi connectivity index (χ1n) is 6.39. The predicted molar refractivity (Wildman–Crippen MR) is 64.9 cm³/mol. The summed E-state index contributed by atoms with van der Waals surface area (Å²) in [5.74, 6) is -1.92. The van der Waals surface area contributed by atoms with Crippen LogP contribution in [-0.4, -0.2) is 30.3 Å². The fourth-order valence-corrected chi connectivity index (χ4v) is 2.10. The van der Waals surface area contributed by atoms with E-state index >= 15 is 0 Å². The molecule has 1 aliphatic rings. The Kier molecular flexibility index (Phi) is 5.68. The molecule has 0 amide bonds. The largest absolute Gasteiger partial charge is 0.511 e. The van der Waals surface area contributed by atoms with Crippen LogP contribution in [-0.2, 0) is 19.1 Å². The second-order valence-corrected chi connectivity index (χ2v) is 4.18. The fourth-order valence-electron chi connectivity index (χ4n) is 2.10. The highest BCUT2D eigenvalue weighted by Crippen LogP contribution is 2.31. The first-order chi connectivity index (χ1) is 8.61. The maximum Gasteiger partial charge on any atom is 0.349 e. The molecule has 0 heterocycles. The van der Waals surface area contributed by atoms with Gasteiger partial charge in [-0.15, -0.1) is 0 Å². The van der Waals surface area contributed by atoms with E-state index in [1.807, 2.05) is 0 Å². The molecule has 0 aromatic rings. The van der Waals surface area contributed by atoms with Gasteiger partial charge in [0, 0.05) is 5.92 Å². The number of ether oxygens (including phenoxy) is 2. The van der Waals surface area contributed by atoms with Crippen LogP contribution in [0.3, 0.4) is 0 Å². The van der Waals surface area contributed by atoms with Crippen molar-refractivity contribution < 1.29 is 24.2 Å². The molecular formula is C13H20O5. The van der Waals surface area contributed by atoms with Gasteiger partial charge in [0.2, 0.25) is 0 Å². The minimum atomic E-state index is -0.805. The topological polar surface area (TPSA) is 72.8 Å². The minimum absolute atomic E-state index is 0.131. The van der Waals surface area contributed by atoms with Crippen molar-refractivity contribution in [1.29, 1.82) is 0 Å². The number of allylic oxidation sites excluding steroid dienone is 1. The molecule has 0 radical (unpaired) electrons. The Hall–Kier alpha value is -1.52. The Morgan fingerprint density at radius 1 is 1.06 bits per heavy atom. The van der Waals surface area contributed by atoms with Crippen molar-refractivity contribution in [2.75, 3.05) is 13.2 Å². The summed E-state index contributed by atoms with van der Waals surface area (Å²) < 4.78 is 9.59. The monoisotopic (exact) mass is 256 g/mol. The average molecular weight is 256 g/mol. The van der Waals surface area contributed by atoms with Gasteiger partial charge < -0.3 is 14.6 Å². The molecule has 0 unspecified atom stereocenters. The first-order valence-corrected chi connectivity index (χ1v) is 6.39. The summed E-state index contributed by atoms with van der Waals surface area (Å²) in [6, 6.07) is 0. The third kappa shape index (κ3) is 3.48. The fraction of sp³-hybridized carbons (Fsp3) is 0.692. The Morgan fingerprint density at radius 3 is 1.89 bits per heavy atom. The van der Waals surface area contributed by atoms with E-state index in [4.69, 9.17) is 9.47 Å². The molecule has 102 valence electrons. The van der Waals surface area contributed by atoms with Crippen LogP contribution in [0.2, 0.25) is 0 Å². The number of carbonyl (C=O) groups is 2. The Morgan fingerprint density at radius 2 is 1.50 bits per heavy atom. The van der Waals surface area contributed by atoms with Crippen molar-refractivity contribution >= 4 is 11.9 Å². The molecule has 1 fully saturated rings. The highest BCUT2D eigenvalue weighted by Gasteiger charge is 2.31. The quantitative estimate of drug-likeness (QED) is 0.268. The second kappa shape index (κ2) is 7.03. The molecule has 0 atom stereocenters. The van der Waals surface area contributed by atoms with Crippen molar-refractivity contribution in [2.45, 2.75) is 39.5 Å². The zero-order valence-corrected chi connectivity index (χ0v) is 10.9. The normalized spacial score (nSPS) is 15.2. The number of aliphatic hydroxyl groups is 1. The molecule has 1 saturated carbocycles. The zero-order valence-electron chi connectivity index (χ0n) is 10.9. The van der Waals surface area contributed by atoms with Crippen molar-refractivity contribution in [1.82, 2.24) is 0 Å². The van der Waals surface area contributed by atoms with E-state index in [2.05, 4.69) is 0 Å². The van der Waals surface area contributed by atoms with Gasteiger partial charge in [0.15, 0.2) is 5.57 Å².